The van der Waals surface area contributed by atoms with Crippen molar-refractivity contribution in [2.45, 2.75) is 26.9 Å². The Kier molecular flexibility index (Phi) is 3.94. The van der Waals surface area contributed by atoms with Gasteiger partial charge in [-0.3, -0.25) is 0 Å². The second-order valence-corrected chi connectivity index (χ2v) is 4.11. The van der Waals surface area contributed by atoms with Crippen LogP contribution < -0.4 is 5.73 Å². The first kappa shape index (κ1) is 12.6. The maximum atomic E-state index is 5.93. The number of nitrogens with two attached hydrogens (primary N) is 1. The van der Waals surface area contributed by atoms with Crippen LogP contribution in [-0.2, 0) is 11.3 Å². The standard InChI is InChI=1S/C13H17N3O2/c1-3-7-17-8-11-15-13(18-16-11)12-9(2)5-4-6-10(12)14/h4-6H,3,7-8,14H2,1-2H3. The predicted molar refractivity (Wildman–Crippen MR) is 68.8 cm³/mol. The van der Waals surface area contributed by atoms with E-state index in [0.717, 1.165) is 17.5 Å². The lowest BCUT2D eigenvalue weighted by molar-refractivity contribution is 0.114. The molecule has 2 aromatic rings. The maximum absolute atomic E-state index is 5.93. The van der Waals surface area contributed by atoms with Crippen molar-refractivity contribution in [3.63, 3.8) is 0 Å². The molecule has 0 fully saturated rings. The van der Waals surface area contributed by atoms with Gasteiger partial charge in [-0.25, -0.2) is 0 Å². The van der Waals surface area contributed by atoms with Crippen molar-refractivity contribution in [3.05, 3.63) is 29.6 Å². The number of anilines is 1. The molecule has 0 aliphatic carbocycles. The van der Waals surface area contributed by atoms with Crippen LogP contribution in [0, 0.1) is 6.92 Å². The lowest BCUT2D eigenvalue weighted by Crippen LogP contribution is -1.96. The summed E-state index contributed by atoms with van der Waals surface area (Å²) in [4.78, 5) is 4.29. The molecule has 2 N–H and O–H groups in total. The largest absolute Gasteiger partial charge is 0.398 e. The third-order valence-electron chi connectivity index (χ3n) is 2.57. The van der Waals surface area contributed by atoms with E-state index in [2.05, 4.69) is 17.1 Å². The van der Waals surface area contributed by atoms with Crippen LogP contribution in [0.3, 0.4) is 0 Å². The summed E-state index contributed by atoms with van der Waals surface area (Å²) in [6.45, 7) is 5.07. The van der Waals surface area contributed by atoms with Gasteiger partial charge in [-0.05, 0) is 25.0 Å². The van der Waals surface area contributed by atoms with Gasteiger partial charge >= 0.3 is 0 Å². The van der Waals surface area contributed by atoms with Gasteiger partial charge in [0.05, 0.1) is 5.56 Å². The molecule has 0 saturated heterocycles. The molecule has 0 spiro atoms. The van der Waals surface area contributed by atoms with Crippen molar-refractivity contribution in [3.8, 4) is 11.5 Å². The molecule has 0 atom stereocenters. The highest BCUT2D eigenvalue weighted by Crippen LogP contribution is 2.27. The Morgan fingerprint density at radius 3 is 2.94 bits per heavy atom. The first-order valence-corrected chi connectivity index (χ1v) is 5.98. The summed E-state index contributed by atoms with van der Waals surface area (Å²) in [6, 6.07) is 5.68. The van der Waals surface area contributed by atoms with Gasteiger partial charge in [0.15, 0.2) is 5.82 Å². The highest BCUT2D eigenvalue weighted by molar-refractivity contribution is 5.73. The summed E-state index contributed by atoms with van der Waals surface area (Å²) in [6.07, 6.45) is 0.968. The fraction of sp³-hybridized carbons (Fsp3) is 0.385. The number of ether oxygens (including phenoxy) is 1. The molecule has 2 rings (SSSR count). The van der Waals surface area contributed by atoms with Gasteiger partial charge in [-0.2, -0.15) is 4.98 Å². The summed E-state index contributed by atoms with van der Waals surface area (Å²) in [5, 5.41) is 3.88. The molecular weight excluding hydrogens is 230 g/mol. The second kappa shape index (κ2) is 5.64. The zero-order chi connectivity index (χ0) is 13.0. The number of benzene rings is 1. The fourth-order valence-corrected chi connectivity index (χ4v) is 1.70. The van der Waals surface area contributed by atoms with E-state index in [-0.39, 0.29) is 0 Å². The fourth-order valence-electron chi connectivity index (χ4n) is 1.70. The lowest BCUT2D eigenvalue weighted by atomic mass is 10.1. The molecule has 0 unspecified atom stereocenters. The van der Waals surface area contributed by atoms with E-state index in [9.17, 15) is 0 Å². The highest BCUT2D eigenvalue weighted by atomic mass is 16.5. The topological polar surface area (TPSA) is 74.2 Å². The van der Waals surface area contributed by atoms with Crippen molar-refractivity contribution in [1.82, 2.24) is 10.1 Å². The summed E-state index contributed by atoms with van der Waals surface area (Å²) < 4.78 is 10.6. The van der Waals surface area contributed by atoms with Crippen LogP contribution in [0.25, 0.3) is 11.5 Å². The van der Waals surface area contributed by atoms with Crippen LogP contribution in [0.1, 0.15) is 24.7 Å². The molecule has 0 saturated carbocycles. The van der Waals surface area contributed by atoms with Crippen LogP contribution in [0.5, 0.6) is 0 Å². The maximum Gasteiger partial charge on any atom is 0.260 e. The number of rotatable bonds is 5. The molecule has 0 aliphatic rings. The van der Waals surface area contributed by atoms with Gasteiger partial charge < -0.3 is 15.0 Å². The van der Waals surface area contributed by atoms with E-state index in [0.29, 0.717) is 30.6 Å². The molecule has 0 bridgehead atoms. The van der Waals surface area contributed by atoms with Gasteiger partial charge in [0.1, 0.15) is 6.61 Å². The SMILES string of the molecule is CCCOCc1noc(-c2c(C)cccc2N)n1. The molecular formula is C13H17N3O2. The van der Waals surface area contributed by atoms with E-state index < -0.39 is 0 Å². The predicted octanol–water partition coefficient (Wildman–Crippen LogP) is 2.55. The van der Waals surface area contributed by atoms with Gasteiger partial charge in [0.25, 0.3) is 5.89 Å². The summed E-state index contributed by atoms with van der Waals surface area (Å²) >= 11 is 0. The Morgan fingerprint density at radius 1 is 1.39 bits per heavy atom. The first-order valence-electron chi connectivity index (χ1n) is 5.98. The van der Waals surface area contributed by atoms with E-state index >= 15 is 0 Å². The number of aromatic nitrogens is 2. The molecule has 1 heterocycles. The van der Waals surface area contributed by atoms with Gasteiger partial charge in [-0.1, -0.05) is 24.2 Å². The molecule has 1 aromatic heterocycles. The average Bonchev–Trinajstić information content (AvgIpc) is 2.78. The minimum atomic E-state index is 0.364. The first-order chi connectivity index (χ1) is 8.72. The zero-order valence-electron chi connectivity index (χ0n) is 10.6. The lowest BCUT2D eigenvalue weighted by Gasteiger charge is -2.03. The number of nitrogens with zero attached hydrogens (tertiary/aromatic N) is 2. The summed E-state index contributed by atoms with van der Waals surface area (Å²) in [7, 11) is 0. The Labute approximate surface area is 106 Å². The molecule has 96 valence electrons. The summed E-state index contributed by atoms with van der Waals surface area (Å²) in [5.41, 5.74) is 8.38. The van der Waals surface area contributed by atoms with Crippen molar-refractivity contribution >= 4 is 5.69 Å². The van der Waals surface area contributed by atoms with Gasteiger partial charge in [0.2, 0.25) is 0 Å². The Hall–Kier alpha value is -1.88. The molecule has 18 heavy (non-hydrogen) atoms. The molecule has 0 aliphatic heterocycles. The van der Waals surface area contributed by atoms with Crippen molar-refractivity contribution in [1.29, 1.82) is 0 Å². The Bertz CT molecular complexity index is 502. The van der Waals surface area contributed by atoms with E-state index in [1.165, 1.54) is 0 Å². The Morgan fingerprint density at radius 2 is 2.22 bits per heavy atom. The minimum Gasteiger partial charge on any atom is -0.398 e. The molecule has 0 radical (unpaired) electrons. The normalized spacial score (nSPS) is 10.8. The minimum absolute atomic E-state index is 0.364. The number of hydrogen-bond acceptors (Lipinski definition) is 5. The van der Waals surface area contributed by atoms with Gasteiger partial charge in [-0.15, -0.1) is 0 Å². The molecule has 1 aromatic carbocycles. The van der Waals surface area contributed by atoms with Crippen LogP contribution in [0.15, 0.2) is 22.7 Å². The third kappa shape index (κ3) is 2.68. The van der Waals surface area contributed by atoms with Crippen molar-refractivity contribution in [2.75, 3.05) is 12.3 Å². The van der Waals surface area contributed by atoms with E-state index in [1.807, 2.05) is 25.1 Å². The van der Waals surface area contributed by atoms with Crippen LogP contribution in [0.4, 0.5) is 5.69 Å². The smallest absolute Gasteiger partial charge is 0.260 e. The zero-order valence-corrected chi connectivity index (χ0v) is 10.6. The molecule has 5 heteroatoms. The number of nitrogen functional groups attached to an aromatic ring is 1. The average molecular weight is 247 g/mol. The molecule has 0 amide bonds. The second-order valence-electron chi connectivity index (χ2n) is 4.11. The van der Waals surface area contributed by atoms with Crippen LogP contribution in [0.2, 0.25) is 0 Å². The van der Waals surface area contributed by atoms with Crippen molar-refractivity contribution in [2.24, 2.45) is 0 Å². The highest BCUT2D eigenvalue weighted by Gasteiger charge is 2.13. The summed E-state index contributed by atoms with van der Waals surface area (Å²) in [5.74, 6) is 0.988. The van der Waals surface area contributed by atoms with Crippen LogP contribution >= 0.6 is 0 Å². The van der Waals surface area contributed by atoms with Crippen LogP contribution in [-0.4, -0.2) is 16.7 Å². The van der Waals surface area contributed by atoms with E-state index in [1.54, 1.807) is 0 Å². The van der Waals surface area contributed by atoms with Crippen molar-refractivity contribution < 1.29 is 9.26 Å². The quantitative estimate of drug-likeness (QED) is 0.649. The molecule has 5 nitrogen and oxygen atoms in total. The number of aryl methyl sites for hydroxylation is 1. The van der Waals surface area contributed by atoms with E-state index in [4.69, 9.17) is 15.0 Å². The number of hydrogen-bond donors (Lipinski definition) is 1. The Balaban J connectivity index is 2.19. The third-order valence-corrected chi connectivity index (χ3v) is 2.57. The monoisotopic (exact) mass is 247 g/mol. The van der Waals surface area contributed by atoms with Gasteiger partial charge in [0, 0.05) is 12.3 Å².